The lowest BCUT2D eigenvalue weighted by Crippen LogP contribution is -2.20. The van der Waals surface area contributed by atoms with Gasteiger partial charge in [-0.25, -0.2) is 0 Å². The number of rotatable bonds is 0. The molecule has 0 radical (unpaired) electrons. The van der Waals surface area contributed by atoms with Gasteiger partial charge in [0.2, 0.25) is 0 Å². The zero-order chi connectivity index (χ0) is 7.84. The van der Waals surface area contributed by atoms with Gasteiger partial charge in [0.25, 0.3) is 5.56 Å². The van der Waals surface area contributed by atoms with Crippen LogP contribution < -0.4 is 5.56 Å². The monoisotopic (exact) mass is 149 g/mol. The van der Waals surface area contributed by atoms with Gasteiger partial charge in [-0.1, -0.05) is 6.07 Å². The van der Waals surface area contributed by atoms with E-state index in [0.29, 0.717) is 0 Å². The summed E-state index contributed by atoms with van der Waals surface area (Å²) in [5.41, 5.74) is 2.25. The largest absolute Gasteiger partial charge is 0.312 e. The maximum atomic E-state index is 11.4. The molecule has 2 heteroatoms. The lowest BCUT2D eigenvalue weighted by atomic mass is 10.2. The van der Waals surface area contributed by atoms with Gasteiger partial charge in [-0.15, -0.1) is 0 Å². The smallest absolute Gasteiger partial charge is 0.253 e. The summed E-state index contributed by atoms with van der Waals surface area (Å²) in [5.74, 6) is 0. The van der Waals surface area contributed by atoms with E-state index in [1.165, 1.54) is 5.69 Å². The Hall–Kier alpha value is -1.05. The van der Waals surface area contributed by atoms with E-state index in [1.54, 1.807) is 0 Å². The second-order valence-electron chi connectivity index (χ2n) is 3.07. The zero-order valence-electron chi connectivity index (χ0n) is 6.63. The summed E-state index contributed by atoms with van der Waals surface area (Å²) in [5, 5.41) is 0. The summed E-state index contributed by atoms with van der Waals surface area (Å²) in [6.07, 6.45) is 2.19. The number of aryl methyl sites for hydroxylation is 2. The Kier molecular flexibility index (Phi) is 1.34. The standard InChI is InChI=1S/C9H11NO/c1-7-4-5-8-3-2-6-10(8)9(7)11/h4-5H,2-3,6H2,1H3. The van der Waals surface area contributed by atoms with Gasteiger partial charge in [0.05, 0.1) is 0 Å². The van der Waals surface area contributed by atoms with Crippen molar-refractivity contribution in [1.82, 2.24) is 4.57 Å². The van der Waals surface area contributed by atoms with Gasteiger partial charge >= 0.3 is 0 Å². The highest BCUT2D eigenvalue weighted by molar-refractivity contribution is 5.16. The number of fused-ring (bicyclic) bond motifs is 1. The van der Waals surface area contributed by atoms with E-state index in [2.05, 4.69) is 6.07 Å². The fraction of sp³-hybridized carbons (Fsp3) is 0.444. The summed E-state index contributed by atoms with van der Waals surface area (Å²) in [6.45, 7) is 2.78. The highest BCUT2D eigenvalue weighted by Crippen LogP contribution is 2.10. The molecule has 0 saturated heterocycles. The summed E-state index contributed by atoms with van der Waals surface area (Å²) < 4.78 is 1.88. The third kappa shape index (κ3) is 0.897. The van der Waals surface area contributed by atoms with Gasteiger partial charge in [-0.2, -0.15) is 0 Å². The van der Waals surface area contributed by atoms with E-state index in [9.17, 15) is 4.79 Å². The first-order valence-corrected chi connectivity index (χ1v) is 3.98. The molecule has 11 heavy (non-hydrogen) atoms. The van der Waals surface area contributed by atoms with Crippen molar-refractivity contribution in [3.63, 3.8) is 0 Å². The molecule has 2 rings (SSSR count). The highest BCUT2D eigenvalue weighted by atomic mass is 16.1. The molecule has 2 heterocycles. The summed E-state index contributed by atoms with van der Waals surface area (Å²) in [6, 6.07) is 3.98. The lowest BCUT2D eigenvalue weighted by Gasteiger charge is -2.01. The van der Waals surface area contributed by atoms with Gasteiger partial charge in [0, 0.05) is 17.8 Å². The quantitative estimate of drug-likeness (QED) is 0.541. The molecule has 0 fully saturated rings. The van der Waals surface area contributed by atoms with Crippen molar-refractivity contribution in [2.75, 3.05) is 0 Å². The van der Waals surface area contributed by atoms with Crippen LogP contribution in [0.15, 0.2) is 16.9 Å². The third-order valence-electron chi connectivity index (χ3n) is 2.27. The Balaban J connectivity index is 2.72. The maximum Gasteiger partial charge on any atom is 0.253 e. The first-order chi connectivity index (χ1) is 5.29. The summed E-state index contributed by atoms with van der Waals surface area (Å²) in [7, 11) is 0. The van der Waals surface area contributed by atoms with Crippen molar-refractivity contribution in [3.05, 3.63) is 33.7 Å². The Morgan fingerprint density at radius 3 is 3.09 bits per heavy atom. The van der Waals surface area contributed by atoms with Crippen LogP contribution in [0.5, 0.6) is 0 Å². The molecule has 1 aliphatic rings. The minimum Gasteiger partial charge on any atom is -0.312 e. The number of nitrogens with zero attached hydrogens (tertiary/aromatic N) is 1. The Bertz CT molecular complexity index is 338. The SMILES string of the molecule is Cc1ccc2n(c1=O)CCC2. The summed E-state index contributed by atoms with van der Waals surface area (Å²) >= 11 is 0. The van der Waals surface area contributed by atoms with E-state index < -0.39 is 0 Å². The molecule has 1 aromatic rings. The molecule has 0 atom stereocenters. The molecule has 1 aromatic heterocycles. The van der Waals surface area contributed by atoms with Crippen LogP contribution in [0.25, 0.3) is 0 Å². The topological polar surface area (TPSA) is 22.0 Å². The van der Waals surface area contributed by atoms with Crippen LogP contribution in [0.1, 0.15) is 17.7 Å². The van der Waals surface area contributed by atoms with Crippen molar-refractivity contribution in [1.29, 1.82) is 0 Å². The Morgan fingerprint density at radius 2 is 2.27 bits per heavy atom. The normalized spacial score (nSPS) is 15.0. The zero-order valence-corrected chi connectivity index (χ0v) is 6.63. The van der Waals surface area contributed by atoms with Crippen molar-refractivity contribution >= 4 is 0 Å². The van der Waals surface area contributed by atoms with Crippen molar-refractivity contribution in [2.24, 2.45) is 0 Å². The molecular formula is C9H11NO. The van der Waals surface area contributed by atoms with Crippen molar-refractivity contribution in [3.8, 4) is 0 Å². The molecular weight excluding hydrogens is 138 g/mol. The number of hydrogen-bond donors (Lipinski definition) is 0. The van der Waals surface area contributed by atoms with Crippen LogP contribution in [0.2, 0.25) is 0 Å². The minimum atomic E-state index is 0.194. The van der Waals surface area contributed by atoms with Gasteiger partial charge < -0.3 is 4.57 Å². The second-order valence-corrected chi connectivity index (χ2v) is 3.07. The predicted molar refractivity (Wildman–Crippen MR) is 43.8 cm³/mol. The average Bonchev–Trinajstić information content (AvgIpc) is 2.45. The predicted octanol–water partition coefficient (Wildman–Crippen LogP) is 1.10. The molecule has 0 unspecified atom stereocenters. The Morgan fingerprint density at radius 1 is 1.45 bits per heavy atom. The van der Waals surface area contributed by atoms with E-state index in [1.807, 2.05) is 17.6 Å². The first-order valence-electron chi connectivity index (χ1n) is 3.98. The van der Waals surface area contributed by atoms with Gasteiger partial charge in [-0.05, 0) is 25.8 Å². The molecule has 0 saturated carbocycles. The molecule has 2 nitrogen and oxygen atoms in total. The number of pyridine rings is 1. The van der Waals surface area contributed by atoms with E-state index in [0.717, 1.165) is 24.9 Å². The second kappa shape index (κ2) is 2.22. The Labute approximate surface area is 65.5 Å². The van der Waals surface area contributed by atoms with Gasteiger partial charge in [-0.3, -0.25) is 4.79 Å². The van der Waals surface area contributed by atoms with Crippen LogP contribution in [0.3, 0.4) is 0 Å². The molecule has 0 amide bonds. The fourth-order valence-electron chi connectivity index (χ4n) is 1.61. The van der Waals surface area contributed by atoms with Crippen LogP contribution >= 0.6 is 0 Å². The van der Waals surface area contributed by atoms with E-state index >= 15 is 0 Å². The number of hydrogen-bond acceptors (Lipinski definition) is 1. The lowest BCUT2D eigenvalue weighted by molar-refractivity contribution is 0.716. The molecule has 0 aliphatic carbocycles. The summed E-state index contributed by atoms with van der Waals surface area (Å²) in [4.78, 5) is 11.4. The highest BCUT2D eigenvalue weighted by Gasteiger charge is 2.11. The fourth-order valence-corrected chi connectivity index (χ4v) is 1.61. The molecule has 1 aliphatic heterocycles. The molecule has 0 aromatic carbocycles. The van der Waals surface area contributed by atoms with Crippen LogP contribution in [0.4, 0.5) is 0 Å². The van der Waals surface area contributed by atoms with Crippen LogP contribution in [-0.2, 0) is 13.0 Å². The van der Waals surface area contributed by atoms with Crippen molar-refractivity contribution in [2.45, 2.75) is 26.3 Å². The average molecular weight is 149 g/mol. The first kappa shape index (κ1) is 6.65. The molecule has 58 valence electrons. The van der Waals surface area contributed by atoms with Gasteiger partial charge in [0.15, 0.2) is 0 Å². The van der Waals surface area contributed by atoms with Crippen LogP contribution in [-0.4, -0.2) is 4.57 Å². The van der Waals surface area contributed by atoms with Gasteiger partial charge in [0.1, 0.15) is 0 Å². The molecule has 0 bridgehead atoms. The van der Waals surface area contributed by atoms with Crippen molar-refractivity contribution < 1.29 is 0 Å². The minimum absolute atomic E-state index is 0.194. The molecule has 0 N–H and O–H groups in total. The van der Waals surface area contributed by atoms with E-state index in [4.69, 9.17) is 0 Å². The maximum absolute atomic E-state index is 11.4. The number of aromatic nitrogens is 1. The third-order valence-corrected chi connectivity index (χ3v) is 2.27. The van der Waals surface area contributed by atoms with E-state index in [-0.39, 0.29) is 5.56 Å². The van der Waals surface area contributed by atoms with Crippen LogP contribution in [0, 0.1) is 6.92 Å². The molecule has 0 spiro atoms.